The van der Waals surface area contributed by atoms with Gasteiger partial charge < -0.3 is 0 Å². The quantitative estimate of drug-likeness (QED) is 0.617. The van der Waals surface area contributed by atoms with Crippen LogP contribution in [0.25, 0.3) is 0 Å². The zero-order valence-corrected chi connectivity index (χ0v) is 8.18. The fourth-order valence-corrected chi connectivity index (χ4v) is 1.47. The van der Waals surface area contributed by atoms with Gasteiger partial charge in [-0.1, -0.05) is 31.2 Å². The molecule has 0 saturated carbocycles. The standard InChI is InChI=1S/C12H15F/c1-4-10(5-2)11-8-6-7-9(3)12(11)13/h4,6-8,10H,1,5H2,2-3H3. The summed E-state index contributed by atoms with van der Waals surface area (Å²) in [5, 5.41) is 0. The molecular formula is C12H15F. The smallest absolute Gasteiger partial charge is 0.129 e. The Kier molecular flexibility index (Phi) is 3.24. The Morgan fingerprint density at radius 1 is 1.54 bits per heavy atom. The monoisotopic (exact) mass is 178 g/mol. The summed E-state index contributed by atoms with van der Waals surface area (Å²) >= 11 is 0. The van der Waals surface area contributed by atoms with Crippen molar-refractivity contribution in [1.29, 1.82) is 0 Å². The van der Waals surface area contributed by atoms with Crippen LogP contribution in [-0.4, -0.2) is 0 Å². The van der Waals surface area contributed by atoms with Gasteiger partial charge in [0.25, 0.3) is 0 Å². The SMILES string of the molecule is C=CC(CC)c1cccc(C)c1F. The molecule has 1 heteroatoms. The van der Waals surface area contributed by atoms with Crippen molar-refractivity contribution < 1.29 is 4.39 Å². The molecule has 13 heavy (non-hydrogen) atoms. The van der Waals surface area contributed by atoms with E-state index in [1.165, 1.54) is 0 Å². The van der Waals surface area contributed by atoms with Crippen LogP contribution >= 0.6 is 0 Å². The van der Waals surface area contributed by atoms with E-state index in [4.69, 9.17) is 0 Å². The number of rotatable bonds is 3. The molecule has 0 nitrogen and oxygen atoms in total. The molecule has 0 aromatic heterocycles. The maximum absolute atomic E-state index is 13.6. The Morgan fingerprint density at radius 2 is 2.23 bits per heavy atom. The Hall–Kier alpha value is -1.11. The molecule has 70 valence electrons. The molecule has 0 bridgehead atoms. The van der Waals surface area contributed by atoms with Gasteiger partial charge in [-0.05, 0) is 24.5 Å². The molecule has 0 saturated heterocycles. The molecule has 0 N–H and O–H groups in total. The van der Waals surface area contributed by atoms with Crippen molar-refractivity contribution in [1.82, 2.24) is 0 Å². The maximum atomic E-state index is 13.6. The van der Waals surface area contributed by atoms with Gasteiger partial charge in [0.2, 0.25) is 0 Å². The summed E-state index contributed by atoms with van der Waals surface area (Å²) in [6, 6.07) is 5.51. The zero-order chi connectivity index (χ0) is 9.84. The lowest BCUT2D eigenvalue weighted by Gasteiger charge is -2.12. The van der Waals surface area contributed by atoms with Gasteiger partial charge in [-0.15, -0.1) is 6.58 Å². The van der Waals surface area contributed by atoms with E-state index in [-0.39, 0.29) is 11.7 Å². The lowest BCUT2D eigenvalue weighted by Crippen LogP contribution is -1.98. The fourth-order valence-electron chi connectivity index (χ4n) is 1.47. The maximum Gasteiger partial charge on any atom is 0.129 e. The van der Waals surface area contributed by atoms with Gasteiger partial charge in [0.05, 0.1) is 0 Å². The third-order valence-corrected chi connectivity index (χ3v) is 2.35. The highest BCUT2D eigenvalue weighted by molar-refractivity contribution is 5.30. The van der Waals surface area contributed by atoms with E-state index in [0.717, 1.165) is 12.0 Å². The first-order valence-corrected chi connectivity index (χ1v) is 4.58. The summed E-state index contributed by atoms with van der Waals surface area (Å²) in [7, 11) is 0. The second-order valence-electron chi connectivity index (χ2n) is 3.23. The Bertz CT molecular complexity index is 302. The van der Waals surface area contributed by atoms with E-state index in [1.54, 1.807) is 19.1 Å². The molecule has 0 aliphatic rings. The van der Waals surface area contributed by atoms with E-state index < -0.39 is 0 Å². The molecule has 0 fully saturated rings. The van der Waals surface area contributed by atoms with Crippen LogP contribution in [0.1, 0.15) is 30.4 Å². The van der Waals surface area contributed by atoms with Crippen LogP contribution in [0.2, 0.25) is 0 Å². The van der Waals surface area contributed by atoms with E-state index in [2.05, 4.69) is 6.58 Å². The molecule has 1 aromatic rings. The summed E-state index contributed by atoms with van der Waals surface area (Å²) in [4.78, 5) is 0. The third-order valence-electron chi connectivity index (χ3n) is 2.35. The van der Waals surface area contributed by atoms with Crippen molar-refractivity contribution in [2.24, 2.45) is 0 Å². The lowest BCUT2D eigenvalue weighted by atomic mass is 9.95. The van der Waals surface area contributed by atoms with Crippen LogP contribution in [0, 0.1) is 12.7 Å². The highest BCUT2D eigenvalue weighted by atomic mass is 19.1. The Morgan fingerprint density at radius 3 is 2.77 bits per heavy atom. The molecule has 0 spiro atoms. The number of hydrogen-bond acceptors (Lipinski definition) is 0. The van der Waals surface area contributed by atoms with Gasteiger partial charge in [-0.3, -0.25) is 0 Å². The van der Waals surface area contributed by atoms with E-state index in [9.17, 15) is 4.39 Å². The molecule has 1 unspecified atom stereocenters. The topological polar surface area (TPSA) is 0 Å². The molecule has 0 amide bonds. The Labute approximate surface area is 79.1 Å². The van der Waals surface area contributed by atoms with Crippen LogP contribution < -0.4 is 0 Å². The first-order chi connectivity index (χ1) is 6.20. The van der Waals surface area contributed by atoms with Crippen molar-refractivity contribution in [2.45, 2.75) is 26.2 Å². The molecule has 0 aliphatic carbocycles. The second kappa shape index (κ2) is 4.22. The van der Waals surface area contributed by atoms with Crippen LogP contribution in [-0.2, 0) is 0 Å². The molecule has 0 aliphatic heterocycles. The van der Waals surface area contributed by atoms with E-state index in [1.807, 2.05) is 19.1 Å². The minimum Gasteiger partial charge on any atom is -0.206 e. The summed E-state index contributed by atoms with van der Waals surface area (Å²) in [5.74, 6) is 0.0501. The number of aryl methyl sites for hydroxylation is 1. The van der Waals surface area contributed by atoms with Crippen LogP contribution in [0.5, 0.6) is 0 Å². The third kappa shape index (κ3) is 1.97. The largest absolute Gasteiger partial charge is 0.206 e. The summed E-state index contributed by atoms with van der Waals surface area (Å²) in [6.45, 7) is 7.53. The van der Waals surface area contributed by atoms with Crippen molar-refractivity contribution in [2.75, 3.05) is 0 Å². The number of halogens is 1. The van der Waals surface area contributed by atoms with Gasteiger partial charge in [-0.2, -0.15) is 0 Å². The molecule has 1 atom stereocenters. The molecule has 1 aromatic carbocycles. The van der Waals surface area contributed by atoms with Gasteiger partial charge in [-0.25, -0.2) is 4.39 Å². The second-order valence-corrected chi connectivity index (χ2v) is 3.23. The summed E-state index contributed by atoms with van der Waals surface area (Å²) in [6.07, 6.45) is 2.70. The number of hydrogen-bond donors (Lipinski definition) is 0. The molecule has 0 radical (unpaired) electrons. The summed E-state index contributed by atoms with van der Waals surface area (Å²) in [5.41, 5.74) is 1.47. The minimum atomic E-state index is -0.0887. The van der Waals surface area contributed by atoms with Crippen LogP contribution in [0.4, 0.5) is 4.39 Å². The van der Waals surface area contributed by atoms with Gasteiger partial charge in [0.1, 0.15) is 5.82 Å². The van der Waals surface area contributed by atoms with Gasteiger partial charge in [0, 0.05) is 5.92 Å². The minimum absolute atomic E-state index is 0.0887. The predicted molar refractivity (Wildman–Crippen MR) is 54.4 cm³/mol. The normalized spacial score (nSPS) is 12.5. The summed E-state index contributed by atoms with van der Waals surface area (Å²) < 4.78 is 13.6. The Balaban J connectivity index is 3.13. The number of allylic oxidation sites excluding steroid dienone is 1. The van der Waals surface area contributed by atoms with Crippen LogP contribution in [0.15, 0.2) is 30.9 Å². The highest BCUT2D eigenvalue weighted by Crippen LogP contribution is 2.24. The van der Waals surface area contributed by atoms with Crippen molar-refractivity contribution in [3.8, 4) is 0 Å². The first kappa shape index (κ1) is 9.97. The fraction of sp³-hybridized carbons (Fsp3) is 0.333. The molecule has 1 rings (SSSR count). The lowest BCUT2D eigenvalue weighted by molar-refractivity contribution is 0.587. The first-order valence-electron chi connectivity index (χ1n) is 4.58. The average molecular weight is 178 g/mol. The van der Waals surface area contributed by atoms with Gasteiger partial charge in [0.15, 0.2) is 0 Å². The van der Waals surface area contributed by atoms with Gasteiger partial charge >= 0.3 is 0 Å². The number of benzene rings is 1. The predicted octanol–water partition coefficient (Wildman–Crippen LogP) is 3.81. The molecular weight excluding hydrogens is 163 g/mol. The van der Waals surface area contributed by atoms with E-state index >= 15 is 0 Å². The van der Waals surface area contributed by atoms with Crippen molar-refractivity contribution in [3.63, 3.8) is 0 Å². The average Bonchev–Trinajstić information content (AvgIpc) is 2.14. The highest BCUT2D eigenvalue weighted by Gasteiger charge is 2.11. The van der Waals surface area contributed by atoms with Crippen LogP contribution in [0.3, 0.4) is 0 Å². The molecule has 0 heterocycles. The zero-order valence-electron chi connectivity index (χ0n) is 8.18. The van der Waals surface area contributed by atoms with Crippen molar-refractivity contribution in [3.05, 3.63) is 47.8 Å². The van der Waals surface area contributed by atoms with Crippen molar-refractivity contribution >= 4 is 0 Å². The van der Waals surface area contributed by atoms with E-state index in [0.29, 0.717) is 5.56 Å².